The predicted octanol–water partition coefficient (Wildman–Crippen LogP) is 2.34. The van der Waals surface area contributed by atoms with Crippen LogP contribution in [0.15, 0.2) is 18.2 Å². The van der Waals surface area contributed by atoms with Crippen LogP contribution in [0.3, 0.4) is 0 Å². The van der Waals surface area contributed by atoms with Gasteiger partial charge in [-0.2, -0.15) is 0 Å². The lowest BCUT2D eigenvalue weighted by Crippen LogP contribution is -2.39. The Kier molecular flexibility index (Phi) is 4.37. The molecule has 1 N–H and O–H groups in total. The molecule has 1 atom stereocenters. The number of nitro benzene ring substituents is 1. The van der Waals surface area contributed by atoms with Gasteiger partial charge in [0.1, 0.15) is 0 Å². The molecule has 1 aromatic rings. The van der Waals surface area contributed by atoms with E-state index in [-0.39, 0.29) is 10.6 Å². The second-order valence-electron chi connectivity index (χ2n) is 5.19. The van der Waals surface area contributed by atoms with E-state index in [0.29, 0.717) is 5.92 Å². The van der Waals surface area contributed by atoms with Gasteiger partial charge in [-0.3, -0.25) is 10.1 Å². The lowest BCUT2D eigenvalue weighted by molar-refractivity contribution is -0.385. The summed E-state index contributed by atoms with van der Waals surface area (Å²) in [5.74, 6) is 0.623. The van der Waals surface area contributed by atoms with Crippen molar-refractivity contribution >= 4 is 11.4 Å². The maximum atomic E-state index is 11.0. The summed E-state index contributed by atoms with van der Waals surface area (Å²) in [6, 6.07) is 5.35. The minimum Gasteiger partial charge on any atom is -0.371 e. The Morgan fingerprint density at radius 2 is 2.32 bits per heavy atom. The second kappa shape index (κ2) is 6.02. The molecular weight excluding hydrogens is 242 g/mol. The van der Waals surface area contributed by atoms with Gasteiger partial charge in [-0.1, -0.05) is 6.07 Å². The van der Waals surface area contributed by atoms with Crippen molar-refractivity contribution in [2.45, 2.75) is 19.8 Å². The summed E-state index contributed by atoms with van der Waals surface area (Å²) in [5, 5.41) is 14.2. The van der Waals surface area contributed by atoms with Crippen molar-refractivity contribution < 1.29 is 4.92 Å². The molecule has 0 saturated carbocycles. The first-order valence-corrected chi connectivity index (χ1v) is 6.77. The van der Waals surface area contributed by atoms with Crippen molar-refractivity contribution in [3.63, 3.8) is 0 Å². The molecule has 0 amide bonds. The average molecular weight is 263 g/mol. The van der Waals surface area contributed by atoms with Gasteiger partial charge < -0.3 is 10.2 Å². The first-order chi connectivity index (χ1) is 9.13. The van der Waals surface area contributed by atoms with Crippen LogP contribution in [0, 0.1) is 23.0 Å². The van der Waals surface area contributed by atoms with Crippen molar-refractivity contribution in [2.24, 2.45) is 5.92 Å². The fraction of sp³-hybridized carbons (Fsp3) is 0.571. The summed E-state index contributed by atoms with van der Waals surface area (Å²) in [6.07, 6.45) is 2.37. The van der Waals surface area contributed by atoms with Gasteiger partial charge in [0.15, 0.2) is 0 Å². The standard InChI is InChI=1S/C14H21N3O2/c1-11-13(6-3-7-14(11)17(18)19)16-8-4-5-12(10-16)9-15-2/h3,6-7,12,15H,4-5,8-10H2,1-2H3. The molecule has 5 heteroatoms. The van der Waals surface area contributed by atoms with E-state index in [1.807, 2.05) is 20.0 Å². The molecule has 0 aromatic heterocycles. The van der Waals surface area contributed by atoms with Crippen LogP contribution in [-0.2, 0) is 0 Å². The third kappa shape index (κ3) is 3.04. The van der Waals surface area contributed by atoms with E-state index in [0.717, 1.165) is 37.3 Å². The Bertz CT molecular complexity index is 460. The van der Waals surface area contributed by atoms with Gasteiger partial charge in [-0.25, -0.2) is 0 Å². The maximum Gasteiger partial charge on any atom is 0.274 e. The summed E-state index contributed by atoms with van der Waals surface area (Å²) < 4.78 is 0. The highest BCUT2D eigenvalue weighted by Gasteiger charge is 2.23. The van der Waals surface area contributed by atoms with Crippen LogP contribution in [0.1, 0.15) is 18.4 Å². The number of rotatable bonds is 4. The molecule has 5 nitrogen and oxygen atoms in total. The molecule has 1 aromatic carbocycles. The topological polar surface area (TPSA) is 58.4 Å². The zero-order valence-corrected chi connectivity index (χ0v) is 11.6. The number of nitrogens with zero attached hydrogens (tertiary/aromatic N) is 2. The molecule has 1 aliphatic rings. The Labute approximate surface area is 113 Å². The molecular formula is C14H21N3O2. The van der Waals surface area contributed by atoms with Gasteiger partial charge in [0.2, 0.25) is 0 Å². The fourth-order valence-corrected chi connectivity index (χ4v) is 2.89. The number of hydrogen-bond acceptors (Lipinski definition) is 4. The molecule has 2 rings (SSSR count). The summed E-state index contributed by atoms with van der Waals surface area (Å²) >= 11 is 0. The van der Waals surface area contributed by atoms with E-state index in [4.69, 9.17) is 0 Å². The quantitative estimate of drug-likeness (QED) is 0.669. The summed E-state index contributed by atoms with van der Waals surface area (Å²) in [5.41, 5.74) is 2.00. The van der Waals surface area contributed by atoms with Crippen LogP contribution in [0.4, 0.5) is 11.4 Å². The monoisotopic (exact) mass is 263 g/mol. The van der Waals surface area contributed by atoms with Crippen LogP contribution in [0.2, 0.25) is 0 Å². The van der Waals surface area contributed by atoms with E-state index >= 15 is 0 Å². The molecule has 1 aliphatic heterocycles. The normalized spacial score (nSPS) is 19.5. The van der Waals surface area contributed by atoms with Gasteiger partial charge in [-0.05, 0) is 45.3 Å². The molecule has 1 unspecified atom stereocenters. The minimum atomic E-state index is -0.298. The lowest BCUT2D eigenvalue weighted by Gasteiger charge is -2.35. The molecule has 1 heterocycles. The van der Waals surface area contributed by atoms with Crippen LogP contribution in [-0.4, -0.2) is 31.6 Å². The first-order valence-electron chi connectivity index (χ1n) is 6.77. The van der Waals surface area contributed by atoms with E-state index < -0.39 is 0 Å². The maximum absolute atomic E-state index is 11.0. The van der Waals surface area contributed by atoms with Crippen LogP contribution >= 0.6 is 0 Å². The van der Waals surface area contributed by atoms with Crippen molar-refractivity contribution in [1.82, 2.24) is 5.32 Å². The molecule has 0 bridgehead atoms. The van der Waals surface area contributed by atoms with E-state index in [1.165, 1.54) is 6.42 Å². The average Bonchev–Trinajstić information content (AvgIpc) is 2.39. The van der Waals surface area contributed by atoms with Crippen LogP contribution in [0.5, 0.6) is 0 Å². The third-order valence-electron chi connectivity index (χ3n) is 3.83. The molecule has 19 heavy (non-hydrogen) atoms. The number of nitro groups is 1. The van der Waals surface area contributed by atoms with E-state index in [1.54, 1.807) is 12.1 Å². The Morgan fingerprint density at radius 3 is 3.00 bits per heavy atom. The van der Waals surface area contributed by atoms with Crippen molar-refractivity contribution in [1.29, 1.82) is 0 Å². The second-order valence-corrected chi connectivity index (χ2v) is 5.19. The minimum absolute atomic E-state index is 0.216. The van der Waals surface area contributed by atoms with Gasteiger partial charge in [0.25, 0.3) is 5.69 Å². The van der Waals surface area contributed by atoms with Crippen molar-refractivity contribution in [3.8, 4) is 0 Å². The Balaban J connectivity index is 2.21. The predicted molar refractivity (Wildman–Crippen MR) is 76.7 cm³/mol. The lowest BCUT2D eigenvalue weighted by atomic mass is 9.96. The van der Waals surface area contributed by atoms with Gasteiger partial charge >= 0.3 is 0 Å². The summed E-state index contributed by atoms with van der Waals surface area (Å²) in [6.45, 7) is 4.81. The van der Waals surface area contributed by atoms with Crippen LogP contribution in [0.25, 0.3) is 0 Å². The third-order valence-corrected chi connectivity index (χ3v) is 3.83. The number of benzene rings is 1. The molecule has 104 valence electrons. The van der Waals surface area contributed by atoms with Gasteiger partial charge in [0.05, 0.1) is 10.5 Å². The Hall–Kier alpha value is -1.62. The highest BCUT2D eigenvalue weighted by Crippen LogP contribution is 2.31. The van der Waals surface area contributed by atoms with Gasteiger partial charge in [0, 0.05) is 24.8 Å². The smallest absolute Gasteiger partial charge is 0.274 e. The van der Waals surface area contributed by atoms with Crippen LogP contribution < -0.4 is 10.2 Å². The van der Waals surface area contributed by atoms with Gasteiger partial charge in [-0.15, -0.1) is 0 Å². The summed E-state index contributed by atoms with van der Waals surface area (Å²) in [4.78, 5) is 13.0. The number of hydrogen-bond donors (Lipinski definition) is 1. The highest BCUT2D eigenvalue weighted by molar-refractivity contribution is 5.61. The SMILES string of the molecule is CNCC1CCCN(c2cccc([N+](=O)[O-])c2C)C1. The fourth-order valence-electron chi connectivity index (χ4n) is 2.89. The molecule has 0 aliphatic carbocycles. The largest absolute Gasteiger partial charge is 0.371 e. The molecule has 0 radical (unpaired) electrons. The van der Waals surface area contributed by atoms with Crippen molar-refractivity contribution in [3.05, 3.63) is 33.9 Å². The zero-order chi connectivity index (χ0) is 13.8. The first kappa shape index (κ1) is 13.8. The number of nitrogens with one attached hydrogen (secondary N) is 1. The number of anilines is 1. The van der Waals surface area contributed by atoms with E-state index in [2.05, 4.69) is 10.2 Å². The van der Waals surface area contributed by atoms with Crippen molar-refractivity contribution in [2.75, 3.05) is 31.6 Å². The molecule has 1 fully saturated rings. The molecule has 1 saturated heterocycles. The summed E-state index contributed by atoms with van der Waals surface area (Å²) in [7, 11) is 1.97. The number of piperidine rings is 1. The highest BCUT2D eigenvalue weighted by atomic mass is 16.6. The zero-order valence-electron chi connectivity index (χ0n) is 11.6. The molecule has 0 spiro atoms. The Morgan fingerprint density at radius 1 is 1.53 bits per heavy atom. The van der Waals surface area contributed by atoms with E-state index in [9.17, 15) is 10.1 Å².